The van der Waals surface area contributed by atoms with Crippen LogP contribution in [0.25, 0.3) is 0 Å². The fraction of sp³-hybridized carbons (Fsp3) is 0.548. The molecule has 0 radical (unpaired) electrons. The van der Waals surface area contributed by atoms with Crippen LogP contribution in [0.2, 0.25) is 0 Å². The van der Waals surface area contributed by atoms with Crippen molar-refractivity contribution in [1.29, 1.82) is 0 Å². The summed E-state index contributed by atoms with van der Waals surface area (Å²) in [5, 5.41) is 44.2. The Labute approximate surface area is 297 Å². The lowest BCUT2D eigenvalue weighted by molar-refractivity contribution is -0.271. The van der Waals surface area contributed by atoms with Crippen LogP contribution in [0.5, 0.6) is 11.5 Å². The Hall–Kier alpha value is -4.67. The van der Waals surface area contributed by atoms with E-state index in [2.05, 4.69) is 10.6 Å². The molecule has 1 unspecified atom stereocenters. The SMILES string of the molecule is CC(=O)OCc1ccc(O[C@@H]2OC(C(=O)O)[C@@H](O)[C@H](O)[C@H]2O)cc1OCCCNC(=O)[C@H](CS(=O)(=O)O)NC(=O)CCCCCN1C(=O)C=CC1=O. The molecule has 1 aromatic rings. The fourth-order valence-corrected chi connectivity index (χ4v) is 5.61. The third-order valence-corrected chi connectivity index (χ3v) is 8.38. The first-order chi connectivity index (χ1) is 24.5. The molecule has 288 valence electrons. The molecule has 6 atom stereocenters. The number of nitrogens with one attached hydrogen (secondary N) is 2. The molecule has 0 aliphatic carbocycles. The van der Waals surface area contributed by atoms with Gasteiger partial charge in [-0.2, -0.15) is 8.42 Å². The first-order valence-corrected chi connectivity index (χ1v) is 17.6. The number of benzene rings is 1. The van der Waals surface area contributed by atoms with Crippen molar-refractivity contribution < 1.29 is 81.1 Å². The molecule has 2 heterocycles. The third-order valence-electron chi connectivity index (χ3n) is 7.63. The highest BCUT2D eigenvalue weighted by Gasteiger charge is 2.48. The lowest BCUT2D eigenvalue weighted by Crippen LogP contribution is -2.61. The van der Waals surface area contributed by atoms with Gasteiger partial charge in [0.05, 0.1) is 6.61 Å². The molecule has 4 amide bonds. The molecule has 1 saturated heterocycles. The van der Waals surface area contributed by atoms with E-state index < -0.39 is 88.2 Å². The summed E-state index contributed by atoms with van der Waals surface area (Å²) in [7, 11) is -4.69. The number of carboxylic acids is 1. The number of carbonyl (C=O) groups excluding carboxylic acids is 5. The van der Waals surface area contributed by atoms with Crippen LogP contribution in [-0.2, 0) is 55.0 Å². The summed E-state index contributed by atoms with van der Waals surface area (Å²) in [5.41, 5.74) is 0.349. The Kier molecular flexibility index (Phi) is 15.5. The Morgan fingerprint density at radius 3 is 2.31 bits per heavy atom. The largest absolute Gasteiger partial charge is 0.493 e. The quantitative estimate of drug-likeness (QED) is 0.0320. The van der Waals surface area contributed by atoms with Gasteiger partial charge in [0.25, 0.3) is 21.9 Å². The molecule has 3 rings (SSSR count). The topological polar surface area (TPSA) is 302 Å². The lowest BCUT2D eigenvalue weighted by Gasteiger charge is -2.38. The summed E-state index contributed by atoms with van der Waals surface area (Å²) in [5.74, 6) is -5.67. The number of carboxylic acid groups (broad SMARTS) is 1. The van der Waals surface area contributed by atoms with E-state index in [1.165, 1.54) is 25.1 Å². The van der Waals surface area contributed by atoms with E-state index in [4.69, 9.17) is 18.9 Å². The second kappa shape index (κ2) is 19.2. The number of nitrogens with zero attached hydrogens (tertiary/aromatic N) is 1. The molecule has 0 aromatic heterocycles. The number of ether oxygens (including phenoxy) is 4. The molecule has 0 saturated carbocycles. The number of unbranched alkanes of at least 4 members (excludes halogenated alkanes) is 2. The number of hydrogen-bond donors (Lipinski definition) is 7. The van der Waals surface area contributed by atoms with Gasteiger partial charge in [0.15, 0.2) is 6.10 Å². The predicted octanol–water partition coefficient (Wildman–Crippen LogP) is -2.24. The summed E-state index contributed by atoms with van der Waals surface area (Å²) in [6.07, 6.45) is -5.78. The van der Waals surface area contributed by atoms with Crippen molar-refractivity contribution in [2.24, 2.45) is 0 Å². The van der Waals surface area contributed by atoms with Crippen molar-refractivity contribution in [2.75, 3.05) is 25.4 Å². The second-order valence-electron chi connectivity index (χ2n) is 11.7. The molecule has 7 N–H and O–H groups in total. The maximum Gasteiger partial charge on any atom is 0.335 e. The van der Waals surface area contributed by atoms with E-state index in [1.807, 2.05) is 0 Å². The predicted molar refractivity (Wildman–Crippen MR) is 173 cm³/mol. The average molecular weight is 760 g/mol. The van der Waals surface area contributed by atoms with Crippen LogP contribution in [0.4, 0.5) is 0 Å². The monoisotopic (exact) mass is 759 g/mol. The summed E-state index contributed by atoms with van der Waals surface area (Å²) in [4.78, 5) is 72.3. The first kappa shape index (κ1) is 41.7. The van der Waals surface area contributed by atoms with E-state index in [0.29, 0.717) is 24.8 Å². The number of aliphatic hydroxyl groups excluding tert-OH is 3. The number of carbonyl (C=O) groups is 6. The number of imide groups is 1. The average Bonchev–Trinajstić information content (AvgIpc) is 3.38. The summed E-state index contributed by atoms with van der Waals surface area (Å²) >= 11 is 0. The molecular weight excluding hydrogens is 718 g/mol. The Balaban J connectivity index is 1.52. The van der Waals surface area contributed by atoms with E-state index >= 15 is 0 Å². The van der Waals surface area contributed by atoms with Crippen LogP contribution >= 0.6 is 0 Å². The highest BCUT2D eigenvalue weighted by molar-refractivity contribution is 7.85. The summed E-state index contributed by atoms with van der Waals surface area (Å²) in [6.45, 7) is 0.936. The van der Waals surface area contributed by atoms with E-state index in [0.717, 1.165) is 17.1 Å². The lowest BCUT2D eigenvalue weighted by atomic mass is 9.99. The Bertz CT molecular complexity index is 1600. The van der Waals surface area contributed by atoms with Crippen LogP contribution < -0.4 is 20.1 Å². The van der Waals surface area contributed by atoms with Gasteiger partial charge in [-0.3, -0.25) is 33.4 Å². The molecule has 0 bridgehead atoms. The number of esters is 1. The molecule has 52 heavy (non-hydrogen) atoms. The molecule has 21 heteroatoms. The number of aliphatic hydroxyl groups is 3. The van der Waals surface area contributed by atoms with E-state index in [9.17, 15) is 62.2 Å². The van der Waals surface area contributed by atoms with Crippen molar-refractivity contribution in [3.05, 3.63) is 35.9 Å². The standard InChI is InChI=1S/C31H41N3O17S/c1-17(35)49-15-18-7-8-19(50-31-27(41)25(39)26(40)28(51-31)30(43)44)14-21(18)48-13-5-11-32-29(42)20(16-52(45,46)47)33-22(36)6-3-2-4-12-34-23(37)9-10-24(34)38/h7-10,14,20,25-28,31,39-41H,2-6,11-13,15-16H2,1H3,(H,32,42)(H,33,36)(H,43,44)(H,45,46,47)/t20-,25-,26-,27+,28?,31+/m0/s1. The molecule has 1 aromatic carbocycles. The van der Waals surface area contributed by atoms with Crippen LogP contribution in [0, 0.1) is 0 Å². The van der Waals surface area contributed by atoms with Crippen molar-refractivity contribution >= 4 is 45.7 Å². The van der Waals surface area contributed by atoms with Crippen molar-refractivity contribution in [3.63, 3.8) is 0 Å². The van der Waals surface area contributed by atoms with Gasteiger partial charge in [0, 0.05) is 50.2 Å². The van der Waals surface area contributed by atoms with Crippen molar-refractivity contribution in [2.45, 2.75) is 82.4 Å². The van der Waals surface area contributed by atoms with Gasteiger partial charge < -0.3 is 50.0 Å². The number of rotatable bonds is 20. The minimum atomic E-state index is -4.69. The van der Waals surface area contributed by atoms with Crippen molar-refractivity contribution in [1.82, 2.24) is 15.5 Å². The van der Waals surface area contributed by atoms with Gasteiger partial charge in [0.2, 0.25) is 18.1 Å². The van der Waals surface area contributed by atoms with Crippen molar-refractivity contribution in [3.8, 4) is 11.5 Å². The smallest absolute Gasteiger partial charge is 0.335 e. The first-order valence-electron chi connectivity index (χ1n) is 16.0. The molecule has 20 nitrogen and oxygen atoms in total. The molecule has 2 aliphatic heterocycles. The van der Waals surface area contributed by atoms with E-state index in [-0.39, 0.29) is 50.6 Å². The Morgan fingerprint density at radius 2 is 1.67 bits per heavy atom. The second-order valence-corrected chi connectivity index (χ2v) is 13.2. The Morgan fingerprint density at radius 1 is 0.981 bits per heavy atom. The van der Waals surface area contributed by atoms with Gasteiger partial charge in [-0.15, -0.1) is 0 Å². The molecule has 1 fully saturated rings. The minimum Gasteiger partial charge on any atom is -0.493 e. The zero-order valence-electron chi connectivity index (χ0n) is 27.9. The number of hydrogen-bond acceptors (Lipinski definition) is 15. The number of amides is 4. The normalized spacial score (nSPS) is 22.1. The zero-order chi connectivity index (χ0) is 38.6. The maximum atomic E-state index is 12.8. The molecule has 0 spiro atoms. The van der Waals surface area contributed by atoms with Crippen LogP contribution in [-0.4, -0.2) is 136 Å². The van der Waals surface area contributed by atoms with Gasteiger partial charge in [0.1, 0.15) is 48.2 Å². The highest BCUT2D eigenvalue weighted by atomic mass is 32.2. The summed E-state index contributed by atoms with van der Waals surface area (Å²) < 4.78 is 53.8. The van der Waals surface area contributed by atoms with Gasteiger partial charge in [-0.05, 0) is 31.4 Å². The van der Waals surface area contributed by atoms with Gasteiger partial charge in [-0.25, -0.2) is 4.79 Å². The highest BCUT2D eigenvalue weighted by Crippen LogP contribution is 2.30. The zero-order valence-corrected chi connectivity index (χ0v) is 28.7. The van der Waals surface area contributed by atoms with Crippen LogP contribution in [0.15, 0.2) is 30.4 Å². The molecular formula is C31H41N3O17S. The maximum absolute atomic E-state index is 12.8. The molecule has 2 aliphatic rings. The fourth-order valence-electron chi connectivity index (χ4n) is 4.96. The van der Waals surface area contributed by atoms with E-state index in [1.54, 1.807) is 0 Å². The summed E-state index contributed by atoms with van der Waals surface area (Å²) in [6, 6.07) is 2.45. The van der Waals surface area contributed by atoms with Gasteiger partial charge in [-0.1, -0.05) is 6.42 Å². The van der Waals surface area contributed by atoms with Gasteiger partial charge >= 0.3 is 11.9 Å². The van der Waals surface area contributed by atoms with Crippen LogP contribution in [0.3, 0.4) is 0 Å². The van der Waals surface area contributed by atoms with Crippen LogP contribution in [0.1, 0.15) is 44.6 Å². The third kappa shape index (κ3) is 12.8. The minimum absolute atomic E-state index is 0.0375. The number of aliphatic carboxylic acids is 1.